The van der Waals surface area contributed by atoms with Crippen molar-refractivity contribution < 1.29 is 14.6 Å². The fourth-order valence-electron chi connectivity index (χ4n) is 6.84. The molecule has 0 aromatic rings. The van der Waals surface area contributed by atoms with Gasteiger partial charge in [-0.15, -0.1) is 0 Å². The minimum atomic E-state index is -0.279. The Morgan fingerprint density at radius 3 is 2.87 bits per heavy atom. The molecule has 0 aromatic heterocycles. The molecule has 3 unspecified atom stereocenters. The number of carbonyl (C=O) groups excluding carboxylic acids is 1. The Kier molecular flexibility index (Phi) is 3.73. The molecule has 4 aliphatic carbocycles. The molecule has 0 aromatic carbocycles. The van der Waals surface area contributed by atoms with Crippen LogP contribution in [0.1, 0.15) is 58.3 Å². The van der Waals surface area contributed by atoms with E-state index in [1.54, 1.807) is 7.11 Å². The van der Waals surface area contributed by atoms with E-state index in [4.69, 9.17) is 4.74 Å². The highest BCUT2D eigenvalue weighted by Gasteiger charge is 2.60. The molecule has 128 valence electrons. The van der Waals surface area contributed by atoms with E-state index >= 15 is 0 Å². The van der Waals surface area contributed by atoms with Crippen LogP contribution in [0.2, 0.25) is 0 Å². The Balaban J connectivity index is 1.74. The summed E-state index contributed by atoms with van der Waals surface area (Å²) < 4.78 is 5.68. The Morgan fingerprint density at radius 1 is 1.26 bits per heavy atom. The van der Waals surface area contributed by atoms with Crippen LogP contribution < -0.4 is 0 Å². The molecule has 4 rings (SSSR count). The number of allylic oxidation sites excluding steroid dienone is 1. The molecule has 23 heavy (non-hydrogen) atoms. The number of aliphatic hydroxyl groups is 1. The minimum absolute atomic E-state index is 0.0301. The third-order valence-corrected chi connectivity index (χ3v) is 7.90. The number of rotatable bonds is 2. The molecule has 0 aliphatic heterocycles. The molecule has 6 atom stereocenters. The van der Waals surface area contributed by atoms with Crippen molar-refractivity contribution in [1.29, 1.82) is 0 Å². The zero-order valence-electron chi connectivity index (χ0n) is 14.5. The average Bonchev–Trinajstić information content (AvgIpc) is 2.83. The van der Waals surface area contributed by atoms with Crippen molar-refractivity contribution in [3.05, 3.63) is 11.6 Å². The summed E-state index contributed by atoms with van der Waals surface area (Å²) in [5, 5.41) is 10.6. The van der Waals surface area contributed by atoms with E-state index in [9.17, 15) is 9.90 Å². The summed E-state index contributed by atoms with van der Waals surface area (Å²) in [7, 11) is 1.79. The summed E-state index contributed by atoms with van der Waals surface area (Å²) in [6.07, 6.45) is 10.2. The van der Waals surface area contributed by atoms with E-state index in [1.165, 1.54) is 5.57 Å². The summed E-state index contributed by atoms with van der Waals surface area (Å²) in [6.45, 7) is 2.95. The van der Waals surface area contributed by atoms with Crippen LogP contribution in [0.5, 0.6) is 0 Å². The van der Waals surface area contributed by atoms with Crippen LogP contribution in [-0.2, 0) is 9.53 Å². The van der Waals surface area contributed by atoms with Crippen molar-refractivity contribution in [3.63, 3.8) is 0 Å². The van der Waals surface area contributed by atoms with Crippen molar-refractivity contribution in [2.45, 2.75) is 64.4 Å². The maximum absolute atomic E-state index is 12.5. The molecular weight excluding hydrogens is 288 g/mol. The van der Waals surface area contributed by atoms with Crippen LogP contribution >= 0.6 is 0 Å². The summed E-state index contributed by atoms with van der Waals surface area (Å²) in [6, 6.07) is 0. The zero-order valence-corrected chi connectivity index (χ0v) is 14.5. The van der Waals surface area contributed by atoms with Crippen molar-refractivity contribution in [2.75, 3.05) is 13.7 Å². The average molecular weight is 318 g/mol. The predicted molar refractivity (Wildman–Crippen MR) is 88.9 cm³/mol. The van der Waals surface area contributed by atoms with Crippen molar-refractivity contribution >= 4 is 5.78 Å². The molecule has 1 N–H and O–H groups in total. The van der Waals surface area contributed by atoms with E-state index in [0.717, 1.165) is 58.0 Å². The molecule has 0 bridgehead atoms. The van der Waals surface area contributed by atoms with Crippen LogP contribution in [0.4, 0.5) is 0 Å². The van der Waals surface area contributed by atoms with Gasteiger partial charge in [0.05, 0.1) is 12.7 Å². The number of carbonyl (C=O) groups is 1. The monoisotopic (exact) mass is 318 g/mol. The summed E-state index contributed by atoms with van der Waals surface area (Å²) in [5.74, 6) is 2.23. The fourth-order valence-corrected chi connectivity index (χ4v) is 6.84. The van der Waals surface area contributed by atoms with Crippen LogP contribution in [0, 0.1) is 28.6 Å². The van der Waals surface area contributed by atoms with Gasteiger partial charge in [-0.3, -0.25) is 4.79 Å². The lowest BCUT2D eigenvalue weighted by Gasteiger charge is -2.58. The molecule has 3 nitrogen and oxygen atoms in total. The van der Waals surface area contributed by atoms with Gasteiger partial charge in [0.2, 0.25) is 0 Å². The molecular formula is C20H30O3. The van der Waals surface area contributed by atoms with E-state index < -0.39 is 0 Å². The number of hydrogen-bond acceptors (Lipinski definition) is 3. The number of ketones is 1. The predicted octanol–water partition coefficient (Wildman–Crippen LogP) is 3.51. The summed E-state index contributed by atoms with van der Waals surface area (Å²) >= 11 is 0. The van der Waals surface area contributed by atoms with Gasteiger partial charge in [-0.25, -0.2) is 0 Å². The van der Waals surface area contributed by atoms with Gasteiger partial charge >= 0.3 is 0 Å². The van der Waals surface area contributed by atoms with Crippen molar-refractivity contribution in [2.24, 2.45) is 28.6 Å². The zero-order chi connectivity index (χ0) is 16.2. The molecule has 0 spiro atoms. The van der Waals surface area contributed by atoms with Gasteiger partial charge in [0.1, 0.15) is 5.78 Å². The number of methoxy groups -OCH3 is 1. The number of aliphatic hydroxyl groups excluding tert-OH is 1. The van der Waals surface area contributed by atoms with Crippen LogP contribution in [-0.4, -0.2) is 30.7 Å². The van der Waals surface area contributed by atoms with E-state index in [-0.39, 0.29) is 16.9 Å². The highest BCUT2D eigenvalue weighted by Crippen LogP contribution is 2.64. The Labute approximate surface area is 139 Å². The third-order valence-electron chi connectivity index (χ3n) is 7.90. The number of ether oxygens (including phenoxy) is 1. The lowest BCUT2D eigenvalue weighted by molar-refractivity contribution is -0.133. The first kappa shape index (κ1) is 15.8. The lowest BCUT2D eigenvalue weighted by Crippen LogP contribution is -2.54. The first-order valence-corrected chi connectivity index (χ1v) is 9.44. The summed E-state index contributed by atoms with van der Waals surface area (Å²) in [5.41, 5.74) is 1.22. The standard InChI is InChI=1S/C20H30O3/c1-19-11-9-15-13(14(19)7-8-18(19)22)5-6-16-17(21)4-3-10-20(15,16)12-23-2/h6,13-15,17,21H,3-5,7-12H2,1-2H3/t13?,14?,15?,17-,19-,20-/m0/s1. The molecule has 0 radical (unpaired) electrons. The van der Waals surface area contributed by atoms with Gasteiger partial charge in [-0.1, -0.05) is 13.0 Å². The van der Waals surface area contributed by atoms with Crippen LogP contribution in [0.15, 0.2) is 11.6 Å². The lowest BCUT2D eigenvalue weighted by atomic mass is 9.47. The van der Waals surface area contributed by atoms with Gasteiger partial charge in [0.15, 0.2) is 0 Å². The SMILES string of the molecule is COC[C@]12CCC[C@H](O)C1=CCC1C2CC[C@]2(C)C(=O)CCC12. The van der Waals surface area contributed by atoms with Gasteiger partial charge in [0, 0.05) is 24.4 Å². The normalized spacial score (nSPS) is 49.2. The molecule has 0 heterocycles. The number of Topliss-reactive ketones (excluding diaryl/α,β-unsaturated/α-hetero) is 1. The molecule has 4 aliphatic rings. The molecule has 3 heteroatoms. The van der Waals surface area contributed by atoms with Crippen molar-refractivity contribution in [1.82, 2.24) is 0 Å². The molecule has 0 amide bonds. The molecule has 3 fully saturated rings. The Hall–Kier alpha value is -0.670. The van der Waals surface area contributed by atoms with E-state index in [2.05, 4.69) is 13.0 Å². The van der Waals surface area contributed by atoms with Gasteiger partial charge < -0.3 is 9.84 Å². The second-order valence-electron chi connectivity index (χ2n) is 8.69. The first-order chi connectivity index (χ1) is 11.0. The number of hydrogen-bond donors (Lipinski definition) is 1. The second kappa shape index (κ2) is 5.42. The Morgan fingerprint density at radius 2 is 2.09 bits per heavy atom. The topological polar surface area (TPSA) is 46.5 Å². The molecule has 3 saturated carbocycles. The van der Waals surface area contributed by atoms with Crippen molar-refractivity contribution in [3.8, 4) is 0 Å². The summed E-state index contributed by atoms with van der Waals surface area (Å²) in [4.78, 5) is 12.5. The molecule has 0 saturated heterocycles. The highest BCUT2D eigenvalue weighted by atomic mass is 16.5. The highest BCUT2D eigenvalue weighted by molar-refractivity contribution is 5.87. The maximum atomic E-state index is 12.5. The van der Waals surface area contributed by atoms with Gasteiger partial charge in [0.25, 0.3) is 0 Å². The largest absolute Gasteiger partial charge is 0.389 e. The first-order valence-electron chi connectivity index (χ1n) is 9.44. The van der Waals surface area contributed by atoms with Gasteiger partial charge in [-0.2, -0.15) is 0 Å². The third kappa shape index (κ3) is 2.05. The van der Waals surface area contributed by atoms with Crippen LogP contribution in [0.3, 0.4) is 0 Å². The maximum Gasteiger partial charge on any atom is 0.139 e. The smallest absolute Gasteiger partial charge is 0.139 e. The second-order valence-corrected chi connectivity index (χ2v) is 8.69. The minimum Gasteiger partial charge on any atom is -0.389 e. The fraction of sp³-hybridized carbons (Fsp3) is 0.850. The van der Waals surface area contributed by atoms with Gasteiger partial charge in [-0.05, 0) is 68.3 Å². The van der Waals surface area contributed by atoms with E-state index in [0.29, 0.717) is 23.5 Å². The Bertz CT molecular complexity index is 535. The van der Waals surface area contributed by atoms with Crippen LogP contribution in [0.25, 0.3) is 0 Å². The quantitative estimate of drug-likeness (QED) is 0.793. The van der Waals surface area contributed by atoms with E-state index in [1.807, 2.05) is 0 Å². The number of fused-ring (bicyclic) bond motifs is 5.